The highest BCUT2D eigenvalue weighted by Gasteiger charge is 2.72. The predicted molar refractivity (Wildman–Crippen MR) is 92.8 cm³/mol. The molecule has 2 saturated carbocycles. The van der Waals surface area contributed by atoms with E-state index in [0.717, 1.165) is 50.3 Å². The number of ether oxygens (including phenoxy) is 1. The number of nitrogens with zero attached hydrogens (tertiary/aromatic N) is 1. The second-order valence-corrected chi connectivity index (χ2v) is 8.99. The van der Waals surface area contributed by atoms with Crippen LogP contribution in [0.15, 0.2) is 12.1 Å². The minimum atomic E-state index is -0.799. The highest BCUT2D eigenvalue weighted by Crippen LogP contribution is 2.65. The number of likely N-dealkylation sites (tertiary alicyclic amines) is 1. The number of phenolic OH excluding ortho intramolecular Hbond substituents is 1. The molecule has 3 aliphatic carbocycles. The molecule has 0 aromatic heterocycles. The van der Waals surface area contributed by atoms with E-state index in [9.17, 15) is 10.2 Å². The lowest BCUT2D eigenvalue weighted by Crippen LogP contribution is -2.77. The largest absolute Gasteiger partial charge is 0.504 e. The number of rotatable bonds is 2. The van der Waals surface area contributed by atoms with Crippen molar-refractivity contribution in [3.63, 3.8) is 0 Å². The van der Waals surface area contributed by atoms with Crippen molar-refractivity contribution in [1.82, 2.24) is 4.90 Å². The van der Waals surface area contributed by atoms with Crippen LogP contribution >= 0.6 is 0 Å². The minimum absolute atomic E-state index is 0.0892. The molecule has 5 nitrogen and oxygen atoms in total. The summed E-state index contributed by atoms with van der Waals surface area (Å²) in [6.07, 6.45) is 5.66. The summed E-state index contributed by atoms with van der Waals surface area (Å²) in [5.74, 6) is 1.60. The fraction of sp³-hybridized carbons (Fsp3) is 0.700. The highest BCUT2D eigenvalue weighted by atomic mass is 16.5. The maximum absolute atomic E-state index is 12.1. The van der Waals surface area contributed by atoms with Gasteiger partial charge in [-0.15, -0.1) is 0 Å². The number of benzene rings is 1. The topological polar surface area (TPSA) is 79.0 Å². The fourth-order valence-corrected chi connectivity index (χ4v) is 6.52. The van der Waals surface area contributed by atoms with E-state index in [1.165, 1.54) is 18.4 Å². The van der Waals surface area contributed by atoms with Crippen molar-refractivity contribution in [3.8, 4) is 11.5 Å². The first-order chi connectivity index (χ1) is 12.0. The van der Waals surface area contributed by atoms with Gasteiger partial charge in [0.25, 0.3) is 0 Å². The van der Waals surface area contributed by atoms with Crippen LogP contribution in [0.5, 0.6) is 11.5 Å². The molecule has 0 radical (unpaired) electrons. The highest BCUT2D eigenvalue weighted by molar-refractivity contribution is 5.62. The zero-order valence-corrected chi connectivity index (χ0v) is 14.4. The molecular formula is C20H26N2O3. The van der Waals surface area contributed by atoms with Crippen molar-refractivity contribution in [1.29, 1.82) is 0 Å². The Hall–Kier alpha value is -1.30. The summed E-state index contributed by atoms with van der Waals surface area (Å²) in [5, 5.41) is 22.5. The third-order valence-corrected chi connectivity index (χ3v) is 7.81. The van der Waals surface area contributed by atoms with Crippen LogP contribution in [0.2, 0.25) is 0 Å². The first-order valence-corrected chi connectivity index (χ1v) is 9.78. The van der Waals surface area contributed by atoms with E-state index in [1.807, 2.05) is 6.07 Å². The SMILES string of the molecule is N[C@@H]1CC[C@@]2(O)[C@@H]3Cc4ccc(O)c5c4[C@@]2(CCN3CC2CC2)[C@H]1O5. The number of aliphatic hydroxyl groups is 1. The van der Waals surface area contributed by atoms with Crippen LogP contribution in [0.1, 0.15) is 43.2 Å². The summed E-state index contributed by atoms with van der Waals surface area (Å²) in [7, 11) is 0. The normalized spacial score (nSPS) is 44.3. The summed E-state index contributed by atoms with van der Waals surface area (Å²) in [5.41, 5.74) is 7.53. The molecule has 5 heteroatoms. The smallest absolute Gasteiger partial charge is 0.165 e. The first-order valence-electron chi connectivity index (χ1n) is 9.78. The molecule has 2 aliphatic heterocycles. The number of hydrogen-bond acceptors (Lipinski definition) is 5. The lowest BCUT2D eigenvalue weighted by atomic mass is 9.48. The molecule has 134 valence electrons. The van der Waals surface area contributed by atoms with Gasteiger partial charge >= 0.3 is 0 Å². The molecule has 0 amide bonds. The first kappa shape index (κ1) is 14.8. The Kier molecular flexibility index (Phi) is 2.67. The lowest BCUT2D eigenvalue weighted by Gasteiger charge is -2.64. The zero-order valence-electron chi connectivity index (χ0n) is 14.4. The summed E-state index contributed by atoms with van der Waals surface area (Å²) in [6, 6.07) is 3.84. The molecule has 25 heavy (non-hydrogen) atoms. The van der Waals surface area contributed by atoms with Crippen molar-refractivity contribution in [2.45, 2.75) is 67.7 Å². The number of piperidine rings is 1. The Morgan fingerprint density at radius 3 is 2.88 bits per heavy atom. The van der Waals surface area contributed by atoms with Gasteiger partial charge in [0.15, 0.2) is 11.5 Å². The van der Waals surface area contributed by atoms with Crippen LogP contribution < -0.4 is 10.5 Å². The van der Waals surface area contributed by atoms with Crippen molar-refractivity contribution < 1.29 is 14.9 Å². The van der Waals surface area contributed by atoms with Crippen molar-refractivity contribution in [2.75, 3.05) is 13.1 Å². The van der Waals surface area contributed by atoms with Gasteiger partial charge in [-0.25, -0.2) is 0 Å². The van der Waals surface area contributed by atoms with Crippen LogP contribution in [0, 0.1) is 5.92 Å². The van der Waals surface area contributed by atoms with Gasteiger partial charge in [-0.2, -0.15) is 0 Å². The molecule has 3 fully saturated rings. The predicted octanol–water partition coefficient (Wildman–Crippen LogP) is 1.28. The molecular weight excluding hydrogens is 316 g/mol. The van der Waals surface area contributed by atoms with Crippen LogP contribution in [-0.2, 0) is 11.8 Å². The van der Waals surface area contributed by atoms with E-state index in [0.29, 0.717) is 5.75 Å². The average Bonchev–Trinajstić information content (AvgIpc) is 3.32. The maximum Gasteiger partial charge on any atom is 0.165 e. The Balaban J connectivity index is 1.57. The third-order valence-electron chi connectivity index (χ3n) is 7.81. The molecule has 4 N–H and O–H groups in total. The van der Waals surface area contributed by atoms with Gasteiger partial charge in [0.2, 0.25) is 0 Å². The van der Waals surface area contributed by atoms with Crippen LogP contribution in [0.4, 0.5) is 0 Å². The molecule has 0 unspecified atom stereocenters. The maximum atomic E-state index is 12.1. The molecule has 5 aliphatic rings. The van der Waals surface area contributed by atoms with Gasteiger partial charge in [-0.1, -0.05) is 6.07 Å². The Bertz CT molecular complexity index is 764. The van der Waals surface area contributed by atoms with Crippen LogP contribution in [0.3, 0.4) is 0 Å². The standard InChI is InChI=1S/C20H26N2O3/c21-13-5-6-20(24)15-9-12-3-4-14(23)17-16(12)19(20,18(13)25-17)7-8-22(15)10-11-1-2-11/h3-4,11,13,15,18,23-24H,1-2,5-10,21H2/t13-,15+,18+,19+,20-/m1/s1. The quantitative estimate of drug-likeness (QED) is 0.755. The van der Waals surface area contributed by atoms with Gasteiger partial charge in [0.1, 0.15) is 6.10 Å². The van der Waals surface area contributed by atoms with Gasteiger partial charge in [-0.05, 0) is 62.6 Å². The van der Waals surface area contributed by atoms with Crippen LogP contribution in [-0.4, -0.2) is 52.0 Å². The van der Waals surface area contributed by atoms with Crippen molar-refractivity contribution in [2.24, 2.45) is 11.7 Å². The molecule has 1 saturated heterocycles. The summed E-state index contributed by atoms with van der Waals surface area (Å²) < 4.78 is 6.26. The number of aromatic hydroxyl groups is 1. The van der Waals surface area contributed by atoms with E-state index in [4.69, 9.17) is 10.5 Å². The molecule has 2 bridgehead atoms. The summed E-state index contributed by atoms with van der Waals surface area (Å²) in [6.45, 7) is 2.10. The minimum Gasteiger partial charge on any atom is -0.504 e. The lowest BCUT2D eigenvalue weighted by molar-refractivity contribution is -0.189. The Labute approximate surface area is 147 Å². The van der Waals surface area contributed by atoms with E-state index in [2.05, 4.69) is 4.90 Å². The second-order valence-electron chi connectivity index (χ2n) is 8.99. The number of hydrogen-bond donors (Lipinski definition) is 3. The Morgan fingerprint density at radius 2 is 2.08 bits per heavy atom. The fourth-order valence-electron chi connectivity index (χ4n) is 6.52. The van der Waals surface area contributed by atoms with Gasteiger partial charge < -0.3 is 20.7 Å². The van der Waals surface area contributed by atoms with E-state index in [1.54, 1.807) is 6.07 Å². The third kappa shape index (κ3) is 1.61. The molecule has 2 heterocycles. The zero-order chi connectivity index (χ0) is 17.0. The number of phenols is 1. The second kappa shape index (κ2) is 4.51. The molecule has 6 rings (SSSR count). The van der Waals surface area contributed by atoms with Crippen molar-refractivity contribution >= 4 is 0 Å². The van der Waals surface area contributed by atoms with Crippen molar-refractivity contribution in [3.05, 3.63) is 23.3 Å². The van der Waals surface area contributed by atoms with E-state index >= 15 is 0 Å². The van der Waals surface area contributed by atoms with Gasteiger partial charge in [-0.3, -0.25) is 4.90 Å². The molecule has 1 spiro atoms. The Morgan fingerprint density at radius 1 is 1.24 bits per heavy atom. The van der Waals surface area contributed by atoms with E-state index in [-0.39, 0.29) is 23.9 Å². The van der Waals surface area contributed by atoms with E-state index < -0.39 is 11.0 Å². The average molecular weight is 342 g/mol. The summed E-state index contributed by atoms with van der Waals surface area (Å²) >= 11 is 0. The number of nitrogens with two attached hydrogens (primary N) is 1. The van der Waals surface area contributed by atoms with Gasteiger partial charge in [0, 0.05) is 24.2 Å². The van der Waals surface area contributed by atoms with Gasteiger partial charge in [0.05, 0.1) is 11.0 Å². The molecule has 5 atom stereocenters. The molecule has 1 aromatic carbocycles. The molecule has 1 aromatic rings. The monoisotopic (exact) mass is 342 g/mol. The van der Waals surface area contributed by atoms with Crippen LogP contribution in [0.25, 0.3) is 0 Å². The summed E-state index contributed by atoms with van der Waals surface area (Å²) in [4.78, 5) is 2.55.